The summed E-state index contributed by atoms with van der Waals surface area (Å²) in [5.41, 5.74) is 0.414. The van der Waals surface area contributed by atoms with E-state index in [0.717, 1.165) is 70.4 Å². The lowest BCUT2D eigenvalue weighted by Crippen LogP contribution is -2.47. The van der Waals surface area contributed by atoms with Gasteiger partial charge < -0.3 is 14.9 Å². The quantitative estimate of drug-likeness (QED) is 0.879. The molecule has 1 amide bonds. The van der Waals surface area contributed by atoms with Gasteiger partial charge in [-0.15, -0.1) is 0 Å². The number of rotatable bonds is 2. The number of aliphatic hydroxyl groups is 1. The third-order valence-corrected chi connectivity index (χ3v) is 6.57. The Balaban J connectivity index is 1.41. The molecule has 3 aliphatic rings. The van der Waals surface area contributed by atoms with Gasteiger partial charge in [-0.05, 0) is 57.1 Å². The average Bonchev–Trinajstić information content (AvgIpc) is 2.99. The molecule has 1 aromatic heterocycles. The molecule has 26 heavy (non-hydrogen) atoms. The Morgan fingerprint density at radius 2 is 1.85 bits per heavy atom. The summed E-state index contributed by atoms with van der Waals surface area (Å²) in [5, 5.41) is 18.8. The number of likely N-dealkylation sites (tertiary alicyclic amines) is 1. The Morgan fingerprint density at radius 1 is 1.15 bits per heavy atom. The minimum atomic E-state index is -0.209. The van der Waals surface area contributed by atoms with E-state index < -0.39 is 0 Å². The van der Waals surface area contributed by atoms with Crippen LogP contribution >= 0.6 is 0 Å². The zero-order valence-corrected chi connectivity index (χ0v) is 15.1. The first kappa shape index (κ1) is 17.3. The first-order chi connectivity index (χ1) is 12.6. The van der Waals surface area contributed by atoms with E-state index in [1.165, 1.54) is 0 Å². The lowest BCUT2D eigenvalue weighted by atomic mass is 9.77. The predicted octanol–water partition coefficient (Wildman–Crippen LogP) is 2.08. The standard InChI is InChI=1S/C20H26N4O2/c21-14-15-5-9-22-18(13-15)23-10-6-20(7-11-23)8-12-24(19(20)26)16-1-3-17(25)4-2-16/h5,9,13,16-17,25H,1-4,6-8,10-12H2. The SMILES string of the molecule is N#Cc1ccnc(N2CCC3(CC2)CCN(C2CCC(O)CC2)C3=O)c1. The second-order valence-corrected chi connectivity index (χ2v) is 7.99. The summed E-state index contributed by atoms with van der Waals surface area (Å²) >= 11 is 0. The van der Waals surface area contributed by atoms with Crippen molar-refractivity contribution in [3.63, 3.8) is 0 Å². The van der Waals surface area contributed by atoms with Gasteiger partial charge in [-0.25, -0.2) is 4.98 Å². The number of pyridine rings is 1. The number of aliphatic hydroxyl groups excluding tert-OH is 1. The summed E-state index contributed by atoms with van der Waals surface area (Å²) in [4.78, 5) is 21.9. The van der Waals surface area contributed by atoms with E-state index in [1.807, 2.05) is 6.07 Å². The number of anilines is 1. The van der Waals surface area contributed by atoms with E-state index >= 15 is 0 Å². The Morgan fingerprint density at radius 3 is 2.54 bits per heavy atom. The van der Waals surface area contributed by atoms with Crippen LogP contribution in [0.4, 0.5) is 5.82 Å². The third kappa shape index (κ3) is 3.05. The zero-order chi connectivity index (χ0) is 18.1. The number of carbonyl (C=O) groups is 1. The van der Waals surface area contributed by atoms with Crippen LogP contribution in [-0.4, -0.2) is 52.7 Å². The lowest BCUT2D eigenvalue weighted by molar-refractivity contribution is -0.139. The highest BCUT2D eigenvalue weighted by molar-refractivity contribution is 5.85. The first-order valence-electron chi connectivity index (χ1n) is 9.71. The van der Waals surface area contributed by atoms with Gasteiger partial charge in [-0.2, -0.15) is 5.26 Å². The Hall–Kier alpha value is -2.13. The van der Waals surface area contributed by atoms with Crippen molar-refractivity contribution < 1.29 is 9.90 Å². The van der Waals surface area contributed by atoms with Gasteiger partial charge in [-0.1, -0.05) is 0 Å². The number of amides is 1. The molecule has 0 atom stereocenters. The molecule has 3 heterocycles. The maximum Gasteiger partial charge on any atom is 0.229 e. The second kappa shape index (κ2) is 6.88. The molecule has 0 radical (unpaired) electrons. The molecule has 2 saturated heterocycles. The van der Waals surface area contributed by atoms with Crippen LogP contribution in [0.25, 0.3) is 0 Å². The van der Waals surface area contributed by atoms with Crippen LogP contribution in [0.5, 0.6) is 0 Å². The van der Waals surface area contributed by atoms with Crippen LogP contribution in [-0.2, 0) is 4.79 Å². The number of nitriles is 1. The molecular weight excluding hydrogens is 328 g/mol. The van der Waals surface area contributed by atoms with Gasteiger partial charge in [0.15, 0.2) is 0 Å². The van der Waals surface area contributed by atoms with E-state index in [2.05, 4.69) is 20.9 Å². The van der Waals surface area contributed by atoms with Crippen molar-refractivity contribution in [1.29, 1.82) is 5.26 Å². The topological polar surface area (TPSA) is 80.5 Å². The van der Waals surface area contributed by atoms with Crippen molar-refractivity contribution >= 4 is 11.7 Å². The van der Waals surface area contributed by atoms with E-state index in [9.17, 15) is 9.90 Å². The normalized spacial score (nSPS) is 28.4. The molecule has 1 saturated carbocycles. The molecule has 1 N–H and O–H groups in total. The summed E-state index contributed by atoms with van der Waals surface area (Å²) < 4.78 is 0. The van der Waals surface area contributed by atoms with Crippen LogP contribution in [0.3, 0.4) is 0 Å². The number of hydrogen-bond acceptors (Lipinski definition) is 5. The van der Waals surface area contributed by atoms with Crippen LogP contribution < -0.4 is 4.90 Å². The molecular formula is C20H26N4O2. The zero-order valence-electron chi connectivity index (χ0n) is 15.1. The maximum absolute atomic E-state index is 13.2. The molecule has 2 aliphatic heterocycles. The van der Waals surface area contributed by atoms with Gasteiger partial charge in [0.2, 0.25) is 5.91 Å². The van der Waals surface area contributed by atoms with Gasteiger partial charge in [-0.3, -0.25) is 4.79 Å². The van der Waals surface area contributed by atoms with Gasteiger partial charge in [0, 0.05) is 31.9 Å². The van der Waals surface area contributed by atoms with Gasteiger partial charge in [0.25, 0.3) is 0 Å². The van der Waals surface area contributed by atoms with E-state index in [0.29, 0.717) is 17.5 Å². The molecule has 0 aromatic carbocycles. The van der Waals surface area contributed by atoms with Crippen LogP contribution in [0.1, 0.15) is 50.5 Å². The van der Waals surface area contributed by atoms with Crippen molar-refractivity contribution in [1.82, 2.24) is 9.88 Å². The molecule has 0 bridgehead atoms. The van der Waals surface area contributed by atoms with Gasteiger partial charge >= 0.3 is 0 Å². The minimum Gasteiger partial charge on any atom is -0.393 e. The summed E-state index contributed by atoms with van der Waals surface area (Å²) in [5.74, 6) is 1.17. The number of piperidine rings is 1. The summed E-state index contributed by atoms with van der Waals surface area (Å²) in [6, 6.07) is 6.02. The summed E-state index contributed by atoms with van der Waals surface area (Å²) in [7, 11) is 0. The highest BCUT2D eigenvalue weighted by atomic mass is 16.3. The molecule has 1 aromatic rings. The fourth-order valence-corrected chi connectivity index (χ4v) is 4.85. The molecule has 6 heteroatoms. The highest BCUT2D eigenvalue weighted by Crippen LogP contribution is 2.44. The Kier molecular flexibility index (Phi) is 4.58. The third-order valence-electron chi connectivity index (χ3n) is 6.57. The number of aromatic nitrogens is 1. The largest absolute Gasteiger partial charge is 0.393 e. The van der Waals surface area contributed by atoms with E-state index in [-0.39, 0.29) is 11.5 Å². The van der Waals surface area contributed by atoms with Crippen molar-refractivity contribution in [2.24, 2.45) is 5.41 Å². The van der Waals surface area contributed by atoms with Crippen LogP contribution in [0, 0.1) is 16.7 Å². The number of nitrogens with zero attached hydrogens (tertiary/aromatic N) is 4. The average molecular weight is 354 g/mol. The molecule has 0 unspecified atom stereocenters. The van der Waals surface area contributed by atoms with Crippen molar-refractivity contribution in [3.8, 4) is 6.07 Å². The van der Waals surface area contributed by atoms with E-state index in [1.54, 1.807) is 12.3 Å². The molecule has 4 rings (SSSR count). The number of carbonyl (C=O) groups excluding carboxylic acids is 1. The lowest BCUT2D eigenvalue weighted by Gasteiger charge is -2.40. The molecule has 1 spiro atoms. The smallest absolute Gasteiger partial charge is 0.229 e. The van der Waals surface area contributed by atoms with Crippen molar-refractivity contribution in [2.45, 2.75) is 57.1 Å². The minimum absolute atomic E-state index is 0.183. The highest BCUT2D eigenvalue weighted by Gasteiger charge is 2.50. The predicted molar refractivity (Wildman–Crippen MR) is 97.4 cm³/mol. The number of hydrogen-bond donors (Lipinski definition) is 1. The Bertz CT molecular complexity index is 713. The monoisotopic (exact) mass is 354 g/mol. The molecule has 1 aliphatic carbocycles. The van der Waals surface area contributed by atoms with Crippen LogP contribution in [0.2, 0.25) is 0 Å². The van der Waals surface area contributed by atoms with Crippen molar-refractivity contribution in [2.75, 3.05) is 24.5 Å². The maximum atomic E-state index is 13.2. The fourth-order valence-electron chi connectivity index (χ4n) is 4.85. The van der Waals surface area contributed by atoms with Gasteiger partial charge in [0.1, 0.15) is 5.82 Å². The second-order valence-electron chi connectivity index (χ2n) is 7.99. The Labute approximate surface area is 154 Å². The summed E-state index contributed by atoms with van der Waals surface area (Å²) in [6.07, 6.45) is 7.65. The molecule has 138 valence electrons. The first-order valence-corrected chi connectivity index (χ1v) is 9.71. The fraction of sp³-hybridized carbons (Fsp3) is 0.650. The van der Waals surface area contributed by atoms with Crippen LogP contribution in [0.15, 0.2) is 18.3 Å². The molecule has 6 nitrogen and oxygen atoms in total. The van der Waals surface area contributed by atoms with Crippen molar-refractivity contribution in [3.05, 3.63) is 23.9 Å². The summed E-state index contributed by atoms with van der Waals surface area (Å²) in [6.45, 7) is 2.48. The molecule has 3 fully saturated rings. The van der Waals surface area contributed by atoms with E-state index in [4.69, 9.17) is 5.26 Å². The van der Waals surface area contributed by atoms with Gasteiger partial charge in [0.05, 0.1) is 23.2 Å².